The molecule has 1 aromatic carbocycles. The molecule has 1 amide bonds. The Labute approximate surface area is 237 Å². The smallest absolute Gasteiger partial charge is 0.354 e. The van der Waals surface area contributed by atoms with Crippen LogP contribution in [0.2, 0.25) is 0 Å². The minimum atomic E-state index is -0.652. The van der Waals surface area contributed by atoms with E-state index in [0.717, 1.165) is 5.56 Å². The van der Waals surface area contributed by atoms with E-state index in [0.29, 0.717) is 43.3 Å². The molecule has 2 aliphatic heterocycles. The number of carbonyl (C=O) groups is 1. The summed E-state index contributed by atoms with van der Waals surface area (Å²) in [5, 5.41) is 0. The number of nitrogens with two attached hydrogens (primary N) is 1. The third-order valence-corrected chi connectivity index (χ3v) is 7.98. The minimum absolute atomic E-state index is 0.0500. The van der Waals surface area contributed by atoms with Gasteiger partial charge in [-0.2, -0.15) is 4.98 Å². The number of hydrogen-bond donors (Lipinski definition) is 1. The minimum Gasteiger partial charge on any atom is -0.397 e. The molecular weight excluding hydrogens is 528 g/mol. The Hall–Kier alpha value is -4.28. The summed E-state index contributed by atoms with van der Waals surface area (Å²) in [4.78, 5) is 40.8. The normalized spacial score (nSPS) is 19.0. The fraction of sp³-hybridized carbons (Fsp3) is 0.400. The molecule has 0 aliphatic carbocycles. The molecule has 9 nitrogen and oxygen atoms in total. The molecule has 0 bridgehead atoms. The van der Waals surface area contributed by atoms with Crippen LogP contribution in [0.3, 0.4) is 0 Å². The average molecular weight is 564 g/mol. The number of fused-ring (bicyclic) bond motifs is 1. The molecule has 0 saturated carbocycles. The number of piperazine rings is 1. The van der Waals surface area contributed by atoms with Crippen molar-refractivity contribution in [3.05, 3.63) is 82.2 Å². The first-order valence-corrected chi connectivity index (χ1v) is 13.8. The van der Waals surface area contributed by atoms with Gasteiger partial charge in [-0.15, -0.1) is 0 Å². The Morgan fingerprint density at radius 2 is 1.85 bits per heavy atom. The molecular formula is C30H35F2N7O2. The maximum atomic E-state index is 15.5. The number of para-hydroxylation sites is 1. The van der Waals surface area contributed by atoms with Gasteiger partial charge in [0.05, 0.1) is 29.3 Å². The molecule has 2 atom stereocenters. The Morgan fingerprint density at radius 1 is 1.12 bits per heavy atom. The second-order valence-electron chi connectivity index (χ2n) is 11.1. The van der Waals surface area contributed by atoms with Crippen LogP contribution < -0.4 is 21.2 Å². The van der Waals surface area contributed by atoms with Crippen molar-refractivity contribution < 1.29 is 13.6 Å². The summed E-state index contributed by atoms with van der Waals surface area (Å²) in [7, 11) is 0. The molecule has 0 radical (unpaired) electrons. The van der Waals surface area contributed by atoms with Crippen LogP contribution in [0.4, 0.5) is 26.0 Å². The number of nitrogens with zero attached hydrogens (tertiary/aromatic N) is 6. The van der Waals surface area contributed by atoms with E-state index in [4.69, 9.17) is 5.73 Å². The van der Waals surface area contributed by atoms with E-state index in [1.807, 2.05) is 32.6 Å². The number of hydrogen-bond acceptors (Lipinski definition) is 7. The molecule has 2 N–H and O–H groups in total. The molecule has 1 fully saturated rings. The van der Waals surface area contributed by atoms with Gasteiger partial charge in [-0.1, -0.05) is 26.5 Å². The lowest BCUT2D eigenvalue weighted by molar-refractivity contribution is -0.128. The maximum Gasteiger partial charge on any atom is 0.354 e. The van der Waals surface area contributed by atoms with Crippen LogP contribution >= 0.6 is 0 Å². The van der Waals surface area contributed by atoms with Gasteiger partial charge in [0.1, 0.15) is 17.3 Å². The van der Waals surface area contributed by atoms with Crippen LogP contribution in [0.15, 0.2) is 47.9 Å². The van der Waals surface area contributed by atoms with Gasteiger partial charge in [0.15, 0.2) is 5.82 Å². The number of pyridine rings is 1. The van der Waals surface area contributed by atoms with Gasteiger partial charge in [-0.25, -0.2) is 13.6 Å². The topological polar surface area (TPSA) is 101 Å². The molecule has 0 spiro atoms. The van der Waals surface area contributed by atoms with Gasteiger partial charge >= 0.3 is 5.69 Å². The predicted octanol–water partition coefficient (Wildman–Crippen LogP) is 3.79. The first-order valence-electron chi connectivity index (χ1n) is 13.8. The van der Waals surface area contributed by atoms with Crippen LogP contribution in [-0.4, -0.2) is 57.1 Å². The fourth-order valence-corrected chi connectivity index (χ4v) is 5.98. The quantitative estimate of drug-likeness (QED) is 0.373. The number of benzene rings is 1. The summed E-state index contributed by atoms with van der Waals surface area (Å²) >= 11 is 0. The molecule has 11 heteroatoms. The summed E-state index contributed by atoms with van der Waals surface area (Å²) in [6.07, 6.45) is 3.10. The first kappa shape index (κ1) is 28.3. The van der Waals surface area contributed by atoms with E-state index >= 15 is 8.78 Å². The van der Waals surface area contributed by atoms with Crippen molar-refractivity contribution in [2.75, 3.05) is 35.2 Å². The molecule has 4 heterocycles. The second-order valence-corrected chi connectivity index (χ2v) is 11.1. The molecule has 2 aliphatic rings. The monoisotopic (exact) mass is 563 g/mol. The largest absolute Gasteiger partial charge is 0.397 e. The summed E-state index contributed by atoms with van der Waals surface area (Å²) in [5.74, 6) is -0.897. The average Bonchev–Trinajstić information content (AvgIpc) is 2.93. The van der Waals surface area contributed by atoms with E-state index in [1.54, 1.807) is 21.9 Å². The van der Waals surface area contributed by atoms with Gasteiger partial charge in [-0.05, 0) is 50.5 Å². The Balaban J connectivity index is 1.70. The molecule has 216 valence electrons. The van der Waals surface area contributed by atoms with Gasteiger partial charge in [0.2, 0.25) is 5.91 Å². The van der Waals surface area contributed by atoms with Gasteiger partial charge in [0.25, 0.3) is 0 Å². The predicted molar refractivity (Wildman–Crippen MR) is 155 cm³/mol. The Morgan fingerprint density at radius 3 is 2.54 bits per heavy atom. The summed E-state index contributed by atoms with van der Waals surface area (Å²) in [6, 6.07) is 5.44. The zero-order chi connectivity index (χ0) is 29.6. The number of nitrogen functional groups attached to an aromatic ring is 1. The van der Waals surface area contributed by atoms with E-state index < -0.39 is 17.3 Å². The van der Waals surface area contributed by atoms with Crippen molar-refractivity contribution in [1.29, 1.82) is 0 Å². The van der Waals surface area contributed by atoms with E-state index in [1.165, 1.54) is 29.0 Å². The highest BCUT2D eigenvalue weighted by Gasteiger charge is 2.36. The molecule has 5 rings (SSSR count). The van der Waals surface area contributed by atoms with E-state index in [9.17, 15) is 9.59 Å². The van der Waals surface area contributed by atoms with E-state index in [-0.39, 0.29) is 47.5 Å². The Bertz CT molecular complexity index is 1550. The summed E-state index contributed by atoms with van der Waals surface area (Å²) in [5.41, 5.74) is 7.80. The highest BCUT2D eigenvalue weighted by atomic mass is 19.1. The number of anilines is 3. The third-order valence-electron chi connectivity index (χ3n) is 7.98. The standard InChI is InChI=1S/C30H35F2N7O2/c1-6-25(40)37-14-19(5)38(15-18(37)4)29-20-11-13-36(27-21(31)8-7-9-23(27)33)16-24(20)39(30(41)35-29)28-22(32)10-12-34-26(28)17(2)3/h6-10,12,17-19H,1,11,13-16,33H2,2-5H3/t18-,19+/m1/s1. The maximum absolute atomic E-state index is 15.5. The van der Waals surface area contributed by atoms with Gasteiger partial charge < -0.3 is 20.4 Å². The number of halogens is 2. The SMILES string of the molecule is C=CC(=O)N1C[C@H](C)N(c2nc(=O)n(-c3c(F)ccnc3C(C)C)c3c2CCN(c2c(N)cccc2F)C3)C[C@H]1C. The lowest BCUT2D eigenvalue weighted by Crippen LogP contribution is -2.58. The van der Waals surface area contributed by atoms with Crippen molar-refractivity contribution >= 4 is 23.1 Å². The number of carbonyl (C=O) groups excluding carboxylic acids is 1. The first-order chi connectivity index (χ1) is 19.5. The number of aromatic nitrogens is 3. The van der Waals surface area contributed by atoms with Crippen LogP contribution in [0, 0.1) is 11.6 Å². The highest BCUT2D eigenvalue weighted by Crippen LogP contribution is 2.36. The zero-order valence-electron chi connectivity index (χ0n) is 23.8. The molecule has 1 saturated heterocycles. The Kier molecular flexibility index (Phi) is 7.54. The van der Waals surface area contributed by atoms with Crippen molar-refractivity contribution in [1.82, 2.24) is 19.4 Å². The van der Waals surface area contributed by atoms with Crippen molar-refractivity contribution in [2.45, 2.75) is 58.7 Å². The van der Waals surface area contributed by atoms with Crippen LogP contribution in [0.5, 0.6) is 0 Å². The molecule has 0 unspecified atom stereocenters. The number of rotatable bonds is 5. The molecule has 2 aromatic heterocycles. The summed E-state index contributed by atoms with van der Waals surface area (Å²) < 4.78 is 31.9. The molecule has 41 heavy (non-hydrogen) atoms. The third kappa shape index (κ3) is 4.93. The zero-order valence-corrected chi connectivity index (χ0v) is 23.8. The van der Waals surface area contributed by atoms with Crippen LogP contribution in [-0.2, 0) is 17.8 Å². The fourth-order valence-electron chi connectivity index (χ4n) is 5.98. The van der Waals surface area contributed by atoms with Crippen molar-refractivity contribution in [3.8, 4) is 5.69 Å². The second kappa shape index (κ2) is 10.9. The van der Waals surface area contributed by atoms with Gasteiger partial charge in [-0.3, -0.25) is 14.3 Å². The highest BCUT2D eigenvalue weighted by molar-refractivity contribution is 5.87. The van der Waals surface area contributed by atoms with Crippen LogP contribution in [0.25, 0.3) is 5.69 Å². The van der Waals surface area contributed by atoms with Crippen LogP contribution in [0.1, 0.15) is 50.6 Å². The lowest BCUT2D eigenvalue weighted by Gasteiger charge is -2.45. The van der Waals surface area contributed by atoms with Crippen molar-refractivity contribution in [3.63, 3.8) is 0 Å². The summed E-state index contributed by atoms with van der Waals surface area (Å²) in [6.45, 7) is 12.7. The lowest BCUT2D eigenvalue weighted by atomic mass is 10.00. The van der Waals surface area contributed by atoms with Gasteiger partial charge in [0, 0.05) is 43.5 Å². The molecule has 3 aromatic rings. The van der Waals surface area contributed by atoms with E-state index in [2.05, 4.69) is 16.5 Å². The van der Waals surface area contributed by atoms with Crippen molar-refractivity contribution in [2.24, 2.45) is 0 Å². The number of amides is 1.